The van der Waals surface area contributed by atoms with Gasteiger partial charge in [-0.3, -0.25) is 4.79 Å². The van der Waals surface area contributed by atoms with Gasteiger partial charge in [0.25, 0.3) is 0 Å². The van der Waals surface area contributed by atoms with E-state index in [1.807, 2.05) is 31.2 Å². The van der Waals surface area contributed by atoms with Crippen LogP contribution in [0.3, 0.4) is 0 Å². The average molecular weight is 408 g/mol. The predicted molar refractivity (Wildman–Crippen MR) is 115 cm³/mol. The average Bonchev–Trinajstić information content (AvgIpc) is 3.05. The monoisotopic (exact) mass is 407 g/mol. The van der Waals surface area contributed by atoms with Gasteiger partial charge < -0.3 is 14.7 Å². The quantitative estimate of drug-likeness (QED) is 0.762. The molecule has 3 unspecified atom stereocenters. The molecule has 158 valence electrons. The van der Waals surface area contributed by atoms with Crippen LogP contribution in [0.25, 0.3) is 11.1 Å². The van der Waals surface area contributed by atoms with Crippen LogP contribution in [-0.4, -0.2) is 40.8 Å². The fourth-order valence-corrected chi connectivity index (χ4v) is 5.18. The first kappa shape index (κ1) is 20.5. The Labute approximate surface area is 177 Å². The van der Waals surface area contributed by atoms with E-state index in [2.05, 4.69) is 38.1 Å². The Morgan fingerprint density at radius 3 is 2.13 bits per heavy atom. The second-order valence-electron chi connectivity index (χ2n) is 8.79. The van der Waals surface area contributed by atoms with E-state index in [1.54, 1.807) is 4.90 Å². The number of amides is 1. The van der Waals surface area contributed by atoms with Crippen molar-refractivity contribution in [3.8, 4) is 11.1 Å². The van der Waals surface area contributed by atoms with E-state index in [9.17, 15) is 14.7 Å². The van der Waals surface area contributed by atoms with Gasteiger partial charge in [-0.1, -0.05) is 62.4 Å². The fraction of sp³-hybridized carbons (Fsp3) is 0.440. The summed E-state index contributed by atoms with van der Waals surface area (Å²) in [6, 6.07) is 16.1. The third-order valence-electron chi connectivity index (χ3n) is 6.79. The Bertz CT molecular complexity index is 908. The summed E-state index contributed by atoms with van der Waals surface area (Å²) in [6.45, 7) is 6.22. The van der Waals surface area contributed by atoms with Gasteiger partial charge in [-0.15, -0.1) is 0 Å². The van der Waals surface area contributed by atoms with E-state index < -0.39 is 18.0 Å². The first-order valence-corrected chi connectivity index (χ1v) is 10.8. The Kier molecular flexibility index (Phi) is 5.54. The number of carboxylic acid groups (broad SMARTS) is 1. The summed E-state index contributed by atoms with van der Waals surface area (Å²) in [6.07, 6.45) is 0.865. The summed E-state index contributed by atoms with van der Waals surface area (Å²) in [5, 5.41) is 9.58. The maximum atomic E-state index is 13.2. The number of carbonyl (C=O) groups is 2. The Morgan fingerprint density at radius 2 is 1.60 bits per heavy atom. The van der Waals surface area contributed by atoms with Crippen molar-refractivity contribution >= 4 is 12.1 Å². The van der Waals surface area contributed by atoms with Crippen LogP contribution in [-0.2, 0) is 9.53 Å². The molecule has 0 radical (unpaired) electrons. The molecule has 4 rings (SSSR count). The van der Waals surface area contributed by atoms with Gasteiger partial charge in [-0.2, -0.15) is 0 Å². The zero-order chi connectivity index (χ0) is 21.4. The van der Waals surface area contributed by atoms with Crippen LogP contribution in [0.1, 0.15) is 50.7 Å². The van der Waals surface area contributed by atoms with E-state index in [1.165, 1.54) is 22.3 Å². The van der Waals surface area contributed by atoms with E-state index >= 15 is 0 Å². The molecule has 0 saturated carbocycles. The number of aliphatic carboxylic acids is 1. The molecule has 0 spiro atoms. The van der Waals surface area contributed by atoms with Crippen molar-refractivity contribution in [1.82, 2.24) is 4.90 Å². The minimum atomic E-state index is -0.846. The molecule has 1 amide bonds. The van der Waals surface area contributed by atoms with Crippen LogP contribution < -0.4 is 0 Å². The van der Waals surface area contributed by atoms with Crippen molar-refractivity contribution in [1.29, 1.82) is 0 Å². The first-order valence-electron chi connectivity index (χ1n) is 10.8. The molecular weight excluding hydrogens is 378 g/mol. The molecule has 3 atom stereocenters. The molecule has 2 aromatic carbocycles. The molecule has 2 aliphatic rings. The summed E-state index contributed by atoms with van der Waals surface area (Å²) in [4.78, 5) is 26.5. The number of hydrogen-bond donors (Lipinski definition) is 1. The zero-order valence-corrected chi connectivity index (χ0v) is 17.7. The molecule has 5 heteroatoms. The highest BCUT2D eigenvalue weighted by atomic mass is 16.6. The lowest BCUT2D eigenvalue weighted by Crippen LogP contribution is -2.56. The lowest BCUT2D eigenvalue weighted by Gasteiger charge is -2.44. The molecule has 1 fully saturated rings. The highest BCUT2D eigenvalue weighted by molar-refractivity contribution is 5.79. The zero-order valence-electron chi connectivity index (χ0n) is 17.7. The third kappa shape index (κ3) is 3.47. The van der Waals surface area contributed by atoms with Crippen molar-refractivity contribution in [3.05, 3.63) is 59.7 Å². The molecular formula is C25H29NO4. The SMILES string of the molecule is CC(C)C1CCC(C(=O)O)C(C)N1C(=O)OCC1c2ccccc2-c2ccccc21. The highest BCUT2D eigenvalue weighted by Crippen LogP contribution is 2.44. The molecule has 30 heavy (non-hydrogen) atoms. The summed E-state index contributed by atoms with van der Waals surface area (Å²) in [7, 11) is 0. The van der Waals surface area contributed by atoms with E-state index in [4.69, 9.17) is 4.74 Å². The molecule has 0 bridgehead atoms. The van der Waals surface area contributed by atoms with Crippen molar-refractivity contribution in [3.63, 3.8) is 0 Å². The maximum absolute atomic E-state index is 13.2. The highest BCUT2D eigenvalue weighted by Gasteiger charge is 2.43. The normalized spacial score (nSPS) is 23.2. The topological polar surface area (TPSA) is 66.8 Å². The van der Waals surface area contributed by atoms with Gasteiger partial charge in [0.2, 0.25) is 0 Å². The fourth-order valence-electron chi connectivity index (χ4n) is 5.18. The lowest BCUT2D eigenvalue weighted by molar-refractivity contribution is -0.146. The summed E-state index contributed by atoms with van der Waals surface area (Å²) in [5.74, 6) is -1.17. The van der Waals surface area contributed by atoms with Gasteiger partial charge in [0.15, 0.2) is 0 Å². The minimum Gasteiger partial charge on any atom is -0.481 e. The number of carbonyl (C=O) groups excluding carboxylic acids is 1. The summed E-state index contributed by atoms with van der Waals surface area (Å²) >= 11 is 0. The van der Waals surface area contributed by atoms with Gasteiger partial charge >= 0.3 is 12.1 Å². The molecule has 1 heterocycles. The number of piperidine rings is 1. The van der Waals surface area contributed by atoms with E-state index in [-0.39, 0.29) is 30.5 Å². The largest absolute Gasteiger partial charge is 0.481 e. The number of carboxylic acids is 1. The van der Waals surface area contributed by atoms with E-state index in [0.717, 1.165) is 0 Å². The Morgan fingerprint density at radius 1 is 1.03 bits per heavy atom. The Hall–Kier alpha value is -2.82. The number of ether oxygens (including phenoxy) is 1. The van der Waals surface area contributed by atoms with Crippen LogP contribution in [0.15, 0.2) is 48.5 Å². The third-order valence-corrected chi connectivity index (χ3v) is 6.79. The molecule has 1 aliphatic heterocycles. The van der Waals surface area contributed by atoms with Crippen molar-refractivity contribution < 1.29 is 19.4 Å². The van der Waals surface area contributed by atoms with Crippen LogP contribution >= 0.6 is 0 Å². The molecule has 0 aromatic heterocycles. The van der Waals surface area contributed by atoms with Gasteiger partial charge in [0.1, 0.15) is 6.61 Å². The number of rotatable bonds is 4. The number of fused-ring (bicyclic) bond motifs is 3. The van der Waals surface area contributed by atoms with Crippen molar-refractivity contribution in [2.24, 2.45) is 11.8 Å². The van der Waals surface area contributed by atoms with Gasteiger partial charge in [0, 0.05) is 18.0 Å². The van der Waals surface area contributed by atoms with Crippen LogP contribution in [0.5, 0.6) is 0 Å². The summed E-state index contributed by atoms with van der Waals surface area (Å²) < 4.78 is 5.85. The number of hydrogen-bond acceptors (Lipinski definition) is 3. The number of likely N-dealkylation sites (tertiary alicyclic amines) is 1. The molecule has 1 saturated heterocycles. The van der Waals surface area contributed by atoms with Crippen LogP contribution in [0, 0.1) is 11.8 Å². The molecule has 5 nitrogen and oxygen atoms in total. The summed E-state index contributed by atoms with van der Waals surface area (Å²) in [5.41, 5.74) is 4.71. The molecule has 1 aliphatic carbocycles. The van der Waals surface area contributed by atoms with Gasteiger partial charge in [-0.25, -0.2) is 4.79 Å². The minimum absolute atomic E-state index is 0.00535. The van der Waals surface area contributed by atoms with Gasteiger partial charge in [-0.05, 0) is 47.9 Å². The standard InChI is InChI=1S/C25H29NO4/c1-15(2)23-13-12-17(24(27)28)16(3)26(23)25(29)30-14-22-20-10-6-4-8-18(20)19-9-5-7-11-21(19)22/h4-11,15-17,22-23H,12-14H2,1-3H3,(H,27,28). The lowest BCUT2D eigenvalue weighted by atomic mass is 9.83. The van der Waals surface area contributed by atoms with Crippen LogP contribution in [0.2, 0.25) is 0 Å². The number of benzene rings is 2. The van der Waals surface area contributed by atoms with Gasteiger partial charge in [0.05, 0.1) is 5.92 Å². The molecule has 2 aromatic rings. The molecule has 1 N–H and O–H groups in total. The van der Waals surface area contributed by atoms with Crippen molar-refractivity contribution in [2.45, 2.75) is 51.6 Å². The number of nitrogens with zero attached hydrogens (tertiary/aromatic N) is 1. The van der Waals surface area contributed by atoms with Crippen molar-refractivity contribution in [2.75, 3.05) is 6.61 Å². The predicted octanol–water partition coefficient (Wildman–Crippen LogP) is 5.15. The second-order valence-corrected chi connectivity index (χ2v) is 8.79. The van der Waals surface area contributed by atoms with E-state index in [0.29, 0.717) is 12.8 Å². The Balaban J connectivity index is 1.56. The maximum Gasteiger partial charge on any atom is 0.410 e. The van der Waals surface area contributed by atoms with Crippen LogP contribution in [0.4, 0.5) is 4.79 Å². The smallest absolute Gasteiger partial charge is 0.410 e. The second kappa shape index (κ2) is 8.13. The first-order chi connectivity index (χ1) is 14.4.